The molecule has 0 unspecified atom stereocenters. The average Bonchev–Trinajstić information content (AvgIpc) is 2.52. The van der Waals surface area contributed by atoms with Crippen LogP contribution in [0.5, 0.6) is 0 Å². The molecule has 1 heterocycles. The molecule has 0 radical (unpaired) electrons. The normalized spacial score (nSPS) is 21.8. The van der Waals surface area contributed by atoms with Crippen molar-refractivity contribution in [2.24, 2.45) is 10.8 Å². The van der Waals surface area contributed by atoms with Gasteiger partial charge in [0, 0.05) is 6.04 Å². The molecule has 88 valence electrons. The summed E-state index contributed by atoms with van der Waals surface area (Å²) in [6.07, 6.45) is 1.62. The molecule has 1 aliphatic rings. The first-order chi connectivity index (χ1) is 7.26. The molecule has 0 aliphatic heterocycles. The molecule has 1 saturated carbocycles. The molecule has 1 fully saturated rings. The summed E-state index contributed by atoms with van der Waals surface area (Å²) in [4.78, 5) is 4.22. The van der Waals surface area contributed by atoms with Crippen molar-refractivity contribution in [3.63, 3.8) is 0 Å². The van der Waals surface area contributed by atoms with Crippen LogP contribution in [-0.4, -0.2) is 11.0 Å². The Morgan fingerprint density at radius 1 is 1.31 bits per heavy atom. The highest BCUT2D eigenvalue weighted by molar-refractivity contribution is 6.33. The lowest BCUT2D eigenvalue weighted by atomic mass is 10.0. The molecule has 1 aromatic rings. The Bertz CT molecular complexity index is 412. The number of nitrogens with two attached hydrogens (primary N) is 1. The Hall–Kier alpha value is -0.960. The van der Waals surface area contributed by atoms with E-state index in [1.807, 2.05) is 0 Å². The van der Waals surface area contributed by atoms with E-state index in [9.17, 15) is 0 Å². The molecule has 4 heteroatoms. The third kappa shape index (κ3) is 1.54. The number of nitrogens with zero attached hydrogens (tertiary/aromatic N) is 1. The fourth-order valence-corrected chi connectivity index (χ4v) is 2.48. The second-order valence-electron chi connectivity index (χ2n) is 5.62. The highest BCUT2D eigenvalue weighted by Gasteiger charge is 2.65. The molecule has 1 aromatic heterocycles. The average molecular weight is 240 g/mol. The van der Waals surface area contributed by atoms with E-state index in [1.165, 1.54) is 0 Å². The molecule has 1 aliphatic carbocycles. The summed E-state index contributed by atoms with van der Waals surface area (Å²) < 4.78 is 0. The largest absolute Gasteiger partial charge is 0.397 e. The summed E-state index contributed by atoms with van der Waals surface area (Å²) in [5.74, 6) is 0.722. The third-order valence-corrected chi connectivity index (χ3v) is 4.45. The van der Waals surface area contributed by atoms with Crippen LogP contribution in [0.3, 0.4) is 0 Å². The van der Waals surface area contributed by atoms with Crippen molar-refractivity contribution in [2.45, 2.75) is 33.7 Å². The molecule has 3 N–H and O–H groups in total. The van der Waals surface area contributed by atoms with E-state index in [1.54, 1.807) is 12.3 Å². The number of hydrogen-bond acceptors (Lipinski definition) is 3. The van der Waals surface area contributed by atoms with E-state index < -0.39 is 0 Å². The van der Waals surface area contributed by atoms with Crippen LogP contribution in [0.2, 0.25) is 5.02 Å². The molecule has 2 rings (SSSR count). The second kappa shape index (κ2) is 3.27. The van der Waals surface area contributed by atoms with Gasteiger partial charge in [-0.25, -0.2) is 4.98 Å². The van der Waals surface area contributed by atoms with Crippen molar-refractivity contribution < 1.29 is 0 Å². The first kappa shape index (κ1) is 11.5. The Balaban J connectivity index is 2.18. The number of anilines is 2. The molecular formula is C12H18ClN3. The molecule has 0 amide bonds. The van der Waals surface area contributed by atoms with Crippen LogP contribution >= 0.6 is 11.6 Å². The van der Waals surface area contributed by atoms with Gasteiger partial charge in [-0.2, -0.15) is 0 Å². The third-order valence-electron chi connectivity index (χ3n) is 4.16. The van der Waals surface area contributed by atoms with E-state index in [2.05, 4.69) is 38.0 Å². The summed E-state index contributed by atoms with van der Waals surface area (Å²) >= 11 is 6.08. The Labute approximate surface area is 101 Å². The first-order valence-corrected chi connectivity index (χ1v) is 5.82. The Morgan fingerprint density at radius 2 is 1.88 bits per heavy atom. The van der Waals surface area contributed by atoms with Crippen molar-refractivity contribution in [3.05, 3.63) is 17.3 Å². The van der Waals surface area contributed by atoms with E-state index in [0.29, 0.717) is 16.8 Å². The number of halogens is 1. The standard InChI is InChI=1S/C12H18ClN3/c1-11(2)10(12(11,3)4)16-9-8(13)5-7(14)6-15-9/h5-6,10H,14H2,1-4H3,(H,15,16). The van der Waals surface area contributed by atoms with Gasteiger partial charge < -0.3 is 11.1 Å². The van der Waals surface area contributed by atoms with Crippen molar-refractivity contribution in [3.8, 4) is 0 Å². The van der Waals surface area contributed by atoms with Gasteiger partial charge in [-0.1, -0.05) is 39.3 Å². The summed E-state index contributed by atoms with van der Waals surface area (Å²) in [5.41, 5.74) is 6.72. The predicted molar refractivity (Wildman–Crippen MR) is 68.6 cm³/mol. The van der Waals surface area contributed by atoms with Gasteiger partial charge in [-0.3, -0.25) is 0 Å². The Morgan fingerprint density at radius 3 is 2.31 bits per heavy atom. The summed E-state index contributed by atoms with van der Waals surface area (Å²) in [6.45, 7) is 8.98. The summed E-state index contributed by atoms with van der Waals surface area (Å²) in [7, 11) is 0. The summed E-state index contributed by atoms with van der Waals surface area (Å²) in [6, 6.07) is 2.12. The van der Waals surface area contributed by atoms with Gasteiger partial charge in [0.2, 0.25) is 0 Å². The first-order valence-electron chi connectivity index (χ1n) is 5.44. The molecule has 3 nitrogen and oxygen atoms in total. The molecule has 0 atom stereocenters. The monoisotopic (exact) mass is 239 g/mol. The number of pyridine rings is 1. The SMILES string of the molecule is CC1(C)C(Nc2ncc(N)cc2Cl)C1(C)C. The predicted octanol–water partition coefficient (Wildman–Crippen LogP) is 3.16. The van der Waals surface area contributed by atoms with Gasteiger partial charge in [0.15, 0.2) is 0 Å². The maximum absolute atomic E-state index is 6.08. The van der Waals surface area contributed by atoms with Gasteiger partial charge >= 0.3 is 0 Å². The molecule has 0 aromatic carbocycles. The van der Waals surface area contributed by atoms with E-state index in [0.717, 1.165) is 5.82 Å². The lowest BCUT2D eigenvalue weighted by Crippen LogP contribution is -2.11. The maximum atomic E-state index is 6.08. The minimum atomic E-state index is 0.263. The van der Waals surface area contributed by atoms with Gasteiger partial charge in [0.25, 0.3) is 0 Å². The van der Waals surface area contributed by atoms with Gasteiger partial charge in [0.05, 0.1) is 16.9 Å². The minimum Gasteiger partial charge on any atom is -0.397 e. The van der Waals surface area contributed by atoms with Crippen molar-refractivity contribution >= 4 is 23.1 Å². The quantitative estimate of drug-likeness (QED) is 0.834. The summed E-state index contributed by atoms with van der Waals surface area (Å²) in [5, 5.41) is 3.98. The Kier molecular flexibility index (Phi) is 2.35. The van der Waals surface area contributed by atoms with Gasteiger partial charge in [0.1, 0.15) is 5.82 Å². The molecule has 0 bridgehead atoms. The lowest BCUT2D eigenvalue weighted by molar-refractivity contribution is 0.457. The van der Waals surface area contributed by atoms with Crippen LogP contribution in [0.15, 0.2) is 12.3 Å². The highest BCUT2D eigenvalue weighted by atomic mass is 35.5. The number of nitrogens with one attached hydrogen (secondary N) is 1. The fourth-order valence-electron chi connectivity index (χ4n) is 2.25. The topological polar surface area (TPSA) is 50.9 Å². The molecular weight excluding hydrogens is 222 g/mol. The van der Waals surface area contributed by atoms with Crippen molar-refractivity contribution in [1.82, 2.24) is 4.98 Å². The zero-order chi connectivity index (χ0) is 12.1. The number of rotatable bonds is 2. The van der Waals surface area contributed by atoms with Crippen LogP contribution in [0.1, 0.15) is 27.7 Å². The molecule has 16 heavy (non-hydrogen) atoms. The lowest BCUT2D eigenvalue weighted by Gasteiger charge is -2.09. The van der Waals surface area contributed by atoms with Crippen LogP contribution in [0.25, 0.3) is 0 Å². The van der Waals surface area contributed by atoms with Gasteiger partial charge in [-0.15, -0.1) is 0 Å². The number of aromatic nitrogens is 1. The number of nitrogen functional groups attached to an aromatic ring is 1. The maximum Gasteiger partial charge on any atom is 0.145 e. The molecule has 0 spiro atoms. The molecule has 0 saturated heterocycles. The highest BCUT2D eigenvalue weighted by Crippen LogP contribution is 2.63. The van der Waals surface area contributed by atoms with Crippen LogP contribution < -0.4 is 11.1 Å². The zero-order valence-corrected chi connectivity index (χ0v) is 10.9. The van der Waals surface area contributed by atoms with Crippen molar-refractivity contribution in [1.29, 1.82) is 0 Å². The fraction of sp³-hybridized carbons (Fsp3) is 0.583. The van der Waals surface area contributed by atoms with Crippen LogP contribution in [0, 0.1) is 10.8 Å². The van der Waals surface area contributed by atoms with E-state index >= 15 is 0 Å². The van der Waals surface area contributed by atoms with Crippen molar-refractivity contribution in [2.75, 3.05) is 11.1 Å². The minimum absolute atomic E-state index is 0.263. The van der Waals surface area contributed by atoms with E-state index in [-0.39, 0.29) is 10.8 Å². The van der Waals surface area contributed by atoms with Crippen LogP contribution in [-0.2, 0) is 0 Å². The van der Waals surface area contributed by atoms with E-state index in [4.69, 9.17) is 17.3 Å². The van der Waals surface area contributed by atoms with Gasteiger partial charge in [-0.05, 0) is 16.9 Å². The smallest absolute Gasteiger partial charge is 0.145 e. The second-order valence-corrected chi connectivity index (χ2v) is 6.03. The number of hydrogen-bond donors (Lipinski definition) is 2. The zero-order valence-electron chi connectivity index (χ0n) is 10.1. The van der Waals surface area contributed by atoms with Crippen LogP contribution in [0.4, 0.5) is 11.5 Å².